The first-order valence-corrected chi connectivity index (χ1v) is 4.65. The second-order valence-electron chi connectivity index (χ2n) is 3.93. The minimum atomic E-state index is 0.471. The molecule has 1 rings (SSSR count). The van der Waals surface area contributed by atoms with Gasteiger partial charge in [0.15, 0.2) is 0 Å². The van der Waals surface area contributed by atoms with Crippen LogP contribution >= 0.6 is 0 Å². The van der Waals surface area contributed by atoms with E-state index < -0.39 is 0 Å². The summed E-state index contributed by atoms with van der Waals surface area (Å²) in [4.78, 5) is 4.53. The molecule has 1 aliphatic rings. The molecule has 1 aliphatic heterocycles. The van der Waals surface area contributed by atoms with E-state index in [4.69, 9.17) is 0 Å². The van der Waals surface area contributed by atoms with E-state index in [9.17, 15) is 0 Å². The van der Waals surface area contributed by atoms with Gasteiger partial charge < -0.3 is 0 Å². The number of hydrogen-bond acceptors (Lipinski definition) is 1. The Balaban J connectivity index is 2.75. The Labute approximate surface area is 69.9 Å². The van der Waals surface area contributed by atoms with Crippen LogP contribution in [0.3, 0.4) is 0 Å². The Morgan fingerprint density at radius 1 is 1.55 bits per heavy atom. The average molecular weight is 153 g/mol. The van der Waals surface area contributed by atoms with E-state index in [1.807, 2.05) is 0 Å². The lowest BCUT2D eigenvalue weighted by Gasteiger charge is -2.29. The SMILES string of the molecule is CCC1C(C)=NCC1(C)CC. The molecular weight excluding hydrogens is 134 g/mol. The van der Waals surface area contributed by atoms with Crippen molar-refractivity contribution >= 4 is 5.71 Å². The summed E-state index contributed by atoms with van der Waals surface area (Å²) in [5, 5.41) is 0. The van der Waals surface area contributed by atoms with Crippen molar-refractivity contribution in [2.75, 3.05) is 6.54 Å². The van der Waals surface area contributed by atoms with Crippen LogP contribution in [0.4, 0.5) is 0 Å². The molecule has 0 aromatic heterocycles. The van der Waals surface area contributed by atoms with Gasteiger partial charge in [-0.05, 0) is 25.2 Å². The maximum absolute atomic E-state index is 4.53. The summed E-state index contributed by atoms with van der Waals surface area (Å²) in [6.45, 7) is 10.1. The van der Waals surface area contributed by atoms with Crippen LogP contribution in [0.5, 0.6) is 0 Å². The van der Waals surface area contributed by atoms with Gasteiger partial charge in [0.05, 0.1) is 0 Å². The maximum atomic E-state index is 4.53. The number of rotatable bonds is 2. The van der Waals surface area contributed by atoms with Gasteiger partial charge >= 0.3 is 0 Å². The molecule has 2 atom stereocenters. The van der Waals surface area contributed by atoms with Crippen LogP contribution < -0.4 is 0 Å². The van der Waals surface area contributed by atoms with E-state index in [1.165, 1.54) is 18.6 Å². The fraction of sp³-hybridized carbons (Fsp3) is 0.900. The standard InChI is InChI=1S/C10H19N/c1-5-9-8(3)11-7-10(9,4)6-2/h9H,5-7H2,1-4H3. The molecule has 1 heteroatoms. The molecule has 0 amide bonds. The summed E-state index contributed by atoms with van der Waals surface area (Å²) in [5.74, 6) is 0.743. The summed E-state index contributed by atoms with van der Waals surface area (Å²) < 4.78 is 0. The highest BCUT2D eigenvalue weighted by Crippen LogP contribution is 2.39. The van der Waals surface area contributed by atoms with Crippen LogP contribution in [0, 0.1) is 11.3 Å². The van der Waals surface area contributed by atoms with E-state index in [1.54, 1.807) is 0 Å². The molecule has 64 valence electrons. The Bertz CT molecular complexity index is 172. The smallest absolute Gasteiger partial charge is 0.0448 e. The topological polar surface area (TPSA) is 12.4 Å². The lowest BCUT2D eigenvalue weighted by molar-refractivity contribution is 0.261. The number of hydrogen-bond donors (Lipinski definition) is 0. The van der Waals surface area contributed by atoms with Gasteiger partial charge in [-0.15, -0.1) is 0 Å². The van der Waals surface area contributed by atoms with Gasteiger partial charge in [0.1, 0.15) is 0 Å². The molecule has 2 unspecified atom stereocenters. The molecule has 0 aromatic rings. The van der Waals surface area contributed by atoms with Crippen LogP contribution in [0.2, 0.25) is 0 Å². The zero-order valence-electron chi connectivity index (χ0n) is 8.15. The molecule has 1 heterocycles. The lowest BCUT2D eigenvalue weighted by Crippen LogP contribution is -2.27. The van der Waals surface area contributed by atoms with Gasteiger partial charge in [-0.2, -0.15) is 0 Å². The van der Waals surface area contributed by atoms with Gasteiger partial charge in [0, 0.05) is 18.2 Å². The third-order valence-electron chi connectivity index (χ3n) is 3.25. The van der Waals surface area contributed by atoms with Crippen LogP contribution in [0.1, 0.15) is 40.5 Å². The summed E-state index contributed by atoms with van der Waals surface area (Å²) in [5.41, 5.74) is 1.84. The predicted octanol–water partition coefficient (Wildman–Crippen LogP) is 2.90. The van der Waals surface area contributed by atoms with E-state index in [0.717, 1.165) is 12.5 Å². The molecule has 11 heavy (non-hydrogen) atoms. The Morgan fingerprint density at radius 3 is 2.55 bits per heavy atom. The quantitative estimate of drug-likeness (QED) is 0.578. The summed E-state index contributed by atoms with van der Waals surface area (Å²) in [6.07, 6.45) is 2.51. The molecule has 0 N–H and O–H groups in total. The van der Waals surface area contributed by atoms with E-state index in [2.05, 4.69) is 32.7 Å². The second kappa shape index (κ2) is 2.96. The molecule has 0 spiro atoms. The minimum absolute atomic E-state index is 0.471. The molecule has 0 saturated heterocycles. The zero-order chi connectivity index (χ0) is 8.48. The van der Waals surface area contributed by atoms with E-state index >= 15 is 0 Å². The van der Waals surface area contributed by atoms with Crippen molar-refractivity contribution < 1.29 is 0 Å². The monoisotopic (exact) mass is 153 g/mol. The van der Waals surface area contributed by atoms with E-state index in [-0.39, 0.29) is 0 Å². The lowest BCUT2D eigenvalue weighted by atomic mass is 9.74. The van der Waals surface area contributed by atoms with Crippen molar-refractivity contribution in [1.29, 1.82) is 0 Å². The zero-order valence-corrected chi connectivity index (χ0v) is 8.15. The summed E-state index contributed by atoms with van der Waals surface area (Å²) in [6, 6.07) is 0. The molecule has 0 saturated carbocycles. The molecule has 1 nitrogen and oxygen atoms in total. The van der Waals surface area contributed by atoms with Gasteiger partial charge in [0.25, 0.3) is 0 Å². The van der Waals surface area contributed by atoms with Crippen LogP contribution in [-0.2, 0) is 0 Å². The highest BCUT2D eigenvalue weighted by Gasteiger charge is 2.36. The number of nitrogens with zero attached hydrogens (tertiary/aromatic N) is 1. The average Bonchev–Trinajstić information content (AvgIpc) is 2.29. The normalized spacial score (nSPS) is 37.5. The highest BCUT2D eigenvalue weighted by atomic mass is 14.8. The molecule has 0 aromatic carbocycles. The van der Waals surface area contributed by atoms with Crippen molar-refractivity contribution in [2.45, 2.75) is 40.5 Å². The molecule has 0 radical (unpaired) electrons. The fourth-order valence-electron chi connectivity index (χ4n) is 2.18. The number of aliphatic imine (C=N–C) groups is 1. The third-order valence-corrected chi connectivity index (χ3v) is 3.25. The van der Waals surface area contributed by atoms with Gasteiger partial charge in [-0.3, -0.25) is 4.99 Å². The summed E-state index contributed by atoms with van der Waals surface area (Å²) in [7, 11) is 0. The third kappa shape index (κ3) is 1.33. The minimum Gasteiger partial charge on any atom is -0.294 e. The highest BCUT2D eigenvalue weighted by molar-refractivity contribution is 5.86. The predicted molar refractivity (Wildman–Crippen MR) is 50.2 cm³/mol. The van der Waals surface area contributed by atoms with Crippen molar-refractivity contribution in [3.05, 3.63) is 0 Å². The Morgan fingerprint density at radius 2 is 2.18 bits per heavy atom. The van der Waals surface area contributed by atoms with Crippen molar-refractivity contribution in [3.8, 4) is 0 Å². The molecular formula is C10H19N. The van der Waals surface area contributed by atoms with Crippen LogP contribution in [0.25, 0.3) is 0 Å². The van der Waals surface area contributed by atoms with Crippen LogP contribution in [-0.4, -0.2) is 12.3 Å². The first-order chi connectivity index (χ1) is 5.14. The van der Waals surface area contributed by atoms with Gasteiger partial charge in [0.2, 0.25) is 0 Å². The van der Waals surface area contributed by atoms with Crippen LogP contribution in [0.15, 0.2) is 4.99 Å². The van der Waals surface area contributed by atoms with Gasteiger partial charge in [-0.25, -0.2) is 0 Å². The Hall–Kier alpha value is -0.330. The fourth-order valence-corrected chi connectivity index (χ4v) is 2.18. The second-order valence-corrected chi connectivity index (χ2v) is 3.93. The van der Waals surface area contributed by atoms with Gasteiger partial charge in [-0.1, -0.05) is 20.8 Å². The van der Waals surface area contributed by atoms with Crippen molar-refractivity contribution in [3.63, 3.8) is 0 Å². The molecule has 0 fully saturated rings. The van der Waals surface area contributed by atoms with E-state index in [0.29, 0.717) is 5.41 Å². The molecule has 0 aliphatic carbocycles. The first kappa shape index (κ1) is 8.76. The Kier molecular flexibility index (Phi) is 2.36. The molecule has 0 bridgehead atoms. The van der Waals surface area contributed by atoms with Crippen molar-refractivity contribution in [2.24, 2.45) is 16.3 Å². The summed E-state index contributed by atoms with van der Waals surface area (Å²) >= 11 is 0. The first-order valence-electron chi connectivity index (χ1n) is 4.65. The largest absolute Gasteiger partial charge is 0.294 e. The maximum Gasteiger partial charge on any atom is 0.0448 e. The van der Waals surface area contributed by atoms with Crippen molar-refractivity contribution in [1.82, 2.24) is 0 Å².